The Morgan fingerprint density at radius 2 is 2.35 bits per heavy atom. The van der Waals surface area contributed by atoms with Crippen molar-refractivity contribution in [2.24, 2.45) is 0 Å². The van der Waals surface area contributed by atoms with Gasteiger partial charge in [0.05, 0.1) is 0 Å². The highest BCUT2D eigenvalue weighted by Crippen LogP contribution is 2.23. The third-order valence-electron chi connectivity index (χ3n) is 3.49. The Labute approximate surface area is 109 Å². The molecule has 94 valence electrons. The van der Waals surface area contributed by atoms with Gasteiger partial charge in [-0.05, 0) is 50.3 Å². The van der Waals surface area contributed by atoms with Crippen LogP contribution in [0.5, 0.6) is 0 Å². The number of pyridine rings is 1. The molecule has 0 saturated carbocycles. The standard InChI is InChI=1S/C14H21ClN2/c1-12-8-13(10-16-9-12)11-17-7-3-5-14(17)4-2-6-15/h8-10,14H,2-7,11H2,1H3. The van der Waals surface area contributed by atoms with Crippen LogP contribution in [0.25, 0.3) is 0 Å². The SMILES string of the molecule is Cc1cncc(CN2CCCC2CCCCl)c1. The maximum absolute atomic E-state index is 5.78. The third-order valence-corrected chi connectivity index (χ3v) is 3.75. The van der Waals surface area contributed by atoms with E-state index in [2.05, 4.69) is 22.9 Å². The molecule has 2 heterocycles. The molecule has 1 aromatic heterocycles. The molecule has 0 aliphatic carbocycles. The summed E-state index contributed by atoms with van der Waals surface area (Å²) in [5.74, 6) is 0.788. The lowest BCUT2D eigenvalue weighted by molar-refractivity contribution is 0.233. The van der Waals surface area contributed by atoms with E-state index in [9.17, 15) is 0 Å². The Bertz CT molecular complexity index is 354. The highest BCUT2D eigenvalue weighted by Gasteiger charge is 2.23. The quantitative estimate of drug-likeness (QED) is 0.747. The van der Waals surface area contributed by atoms with Crippen molar-refractivity contribution in [1.29, 1.82) is 0 Å². The maximum Gasteiger partial charge on any atom is 0.0313 e. The average molecular weight is 253 g/mol. The zero-order chi connectivity index (χ0) is 12.1. The largest absolute Gasteiger partial charge is 0.296 e. The molecule has 0 spiro atoms. The van der Waals surface area contributed by atoms with Crippen molar-refractivity contribution in [3.63, 3.8) is 0 Å². The van der Waals surface area contributed by atoms with E-state index in [-0.39, 0.29) is 0 Å². The van der Waals surface area contributed by atoms with Gasteiger partial charge in [-0.15, -0.1) is 11.6 Å². The Balaban J connectivity index is 1.93. The lowest BCUT2D eigenvalue weighted by atomic mass is 10.1. The van der Waals surface area contributed by atoms with Crippen molar-refractivity contribution < 1.29 is 0 Å². The minimum atomic E-state index is 0.731. The first kappa shape index (κ1) is 12.8. The van der Waals surface area contributed by atoms with Gasteiger partial charge < -0.3 is 0 Å². The molecule has 1 unspecified atom stereocenters. The van der Waals surface area contributed by atoms with Crippen molar-refractivity contribution >= 4 is 11.6 Å². The Morgan fingerprint density at radius 1 is 1.47 bits per heavy atom. The van der Waals surface area contributed by atoms with Crippen LogP contribution in [0.3, 0.4) is 0 Å². The fraction of sp³-hybridized carbons (Fsp3) is 0.643. The first-order chi connectivity index (χ1) is 8.29. The molecule has 0 amide bonds. The number of alkyl halides is 1. The van der Waals surface area contributed by atoms with Crippen molar-refractivity contribution in [3.8, 4) is 0 Å². The summed E-state index contributed by atoms with van der Waals surface area (Å²) in [4.78, 5) is 6.85. The van der Waals surface area contributed by atoms with Gasteiger partial charge in [-0.3, -0.25) is 9.88 Å². The molecule has 1 aromatic rings. The molecule has 1 fully saturated rings. The van der Waals surface area contributed by atoms with Gasteiger partial charge in [0.2, 0.25) is 0 Å². The summed E-state index contributed by atoms with van der Waals surface area (Å²) >= 11 is 5.78. The summed E-state index contributed by atoms with van der Waals surface area (Å²) < 4.78 is 0. The fourth-order valence-electron chi connectivity index (χ4n) is 2.68. The van der Waals surface area contributed by atoms with Crippen molar-refractivity contribution in [3.05, 3.63) is 29.6 Å². The number of aromatic nitrogens is 1. The maximum atomic E-state index is 5.78. The number of halogens is 1. The van der Waals surface area contributed by atoms with Crippen LogP contribution in [-0.2, 0) is 6.54 Å². The van der Waals surface area contributed by atoms with E-state index in [1.165, 1.54) is 36.9 Å². The highest BCUT2D eigenvalue weighted by molar-refractivity contribution is 6.17. The van der Waals surface area contributed by atoms with Gasteiger partial charge >= 0.3 is 0 Å². The first-order valence-corrected chi connectivity index (χ1v) is 7.03. The van der Waals surface area contributed by atoms with Crippen LogP contribution in [0.15, 0.2) is 18.5 Å². The van der Waals surface area contributed by atoms with Gasteiger partial charge in [0.15, 0.2) is 0 Å². The predicted octanol–water partition coefficient (Wildman–Crippen LogP) is 3.37. The minimum Gasteiger partial charge on any atom is -0.296 e. The second-order valence-electron chi connectivity index (χ2n) is 4.97. The number of likely N-dealkylation sites (tertiary alicyclic amines) is 1. The lowest BCUT2D eigenvalue weighted by Crippen LogP contribution is -2.29. The molecular formula is C14H21ClN2. The molecule has 0 N–H and O–H groups in total. The Morgan fingerprint density at radius 3 is 3.12 bits per heavy atom. The topological polar surface area (TPSA) is 16.1 Å². The smallest absolute Gasteiger partial charge is 0.0313 e. The van der Waals surface area contributed by atoms with Gasteiger partial charge in [0, 0.05) is 30.9 Å². The predicted molar refractivity (Wildman–Crippen MR) is 72.4 cm³/mol. The van der Waals surface area contributed by atoms with E-state index < -0.39 is 0 Å². The van der Waals surface area contributed by atoms with Gasteiger partial charge in [-0.1, -0.05) is 6.07 Å². The molecule has 1 aliphatic heterocycles. The van der Waals surface area contributed by atoms with E-state index in [4.69, 9.17) is 11.6 Å². The van der Waals surface area contributed by atoms with Crippen LogP contribution < -0.4 is 0 Å². The highest BCUT2D eigenvalue weighted by atomic mass is 35.5. The second-order valence-corrected chi connectivity index (χ2v) is 5.35. The summed E-state index contributed by atoms with van der Waals surface area (Å²) in [6, 6.07) is 2.97. The van der Waals surface area contributed by atoms with Crippen molar-refractivity contribution in [2.45, 2.75) is 45.2 Å². The second kappa shape index (κ2) is 6.36. The van der Waals surface area contributed by atoms with Crippen LogP contribution in [0.1, 0.15) is 36.8 Å². The van der Waals surface area contributed by atoms with Gasteiger partial charge in [0.1, 0.15) is 0 Å². The molecular weight excluding hydrogens is 232 g/mol. The molecule has 2 rings (SSSR count). The first-order valence-electron chi connectivity index (χ1n) is 6.50. The van der Waals surface area contributed by atoms with E-state index in [0.717, 1.165) is 24.9 Å². The number of nitrogens with zero attached hydrogens (tertiary/aromatic N) is 2. The number of rotatable bonds is 5. The normalized spacial score (nSPS) is 20.9. The van der Waals surface area contributed by atoms with Gasteiger partial charge in [-0.25, -0.2) is 0 Å². The van der Waals surface area contributed by atoms with Crippen LogP contribution in [0.2, 0.25) is 0 Å². The molecule has 2 nitrogen and oxygen atoms in total. The van der Waals surface area contributed by atoms with Crippen LogP contribution in [0.4, 0.5) is 0 Å². The summed E-state index contributed by atoms with van der Waals surface area (Å²) in [6.07, 6.45) is 8.93. The van der Waals surface area contributed by atoms with E-state index in [1.807, 2.05) is 12.4 Å². The van der Waals surface area contributed by atoms with E-state index >= 15 is 0 Å². The lowest BCUT2D eigenvalue weighted by Gasteiger charge is -2.24. The molecule has 0 bridgehead atoms. The molecule has 0 aromatic carbocycles. The van der Waals surface area contributed by atoms with Crippen molar-refractivity contribution in [2.75, 3.05) is 12.4 Å². The summed E-state index contributed by atoms with van der Waals surface area (Å²) in [5, 5.41) is 0. The van der Waals surface area contributed by atoms with E-state index in [1.54, 1.807) is 0 Å². The zero-order valence-corrected chi connectivity index (χ0v) is 11.3. The molecule has 1 aliphatic rings. The van der Waals surface area contributed by atoms with Crippen LogP contribution >= 0.6 is 11.6 Å². The van der Waals surface area contributed by atoms with Crippen LogP contribution in [0, 0.1) is 6.92 Å². The molecule has 3 heteroatoms. The average Bonchev–Trinajstić information content (AvgIpc) is 2.74. The van der Waals surface area contributed by atoms with Crippen molar-refractivity contribution in [1.82, 2.24) is 9.88 Å². The fourth-order valence-corrected chi connectivity index (χ4v) is 2.84. The van der Waals surface area contributed by atoms with Crippen LogP contribution in [-0.4, -0.2) is 28.4 Å². The number of aryl methyl sites for hydroxylation is 1. The monoisotopic (exact) mass is 252 g/mol. The number of hydrogen-bond acceptors (Lipinski definition) is 2. The van der Waals surface area contributed by atoms with E-state index in [0.29, 0.717) is 0 Å². The Kier molecular flexibility index (Phi) is 4.81. The Hall–Kier alpha value is -0.600. The van der Waals surface area contributed by atoms with Gasteiger partial charge in [-0.2, -0.15) is 0 Å². The molecule has 0 radical (unpaired) electrons. The number of hydrogen-bond donors (Lipinski definition) is 0. The minimum absolute atomic E-state index is 0.731. The summed E-state index contributed by atoms with van der Waals surface area (Å²) in [6.45, 7) is 4.37. The molecule has 1 saturated heterocycles. The third kappa shape index (κ3) is 3.68. The summed E-state index contributed by atoms with van der Waals surface area (Å²) in [7, 11) is 0. The van der Waals surface area contributed by atoms with Gasteiger partial charge in [0.25, 0.3) is 0 Å². The summed E-state index contributed by atoms with van der Waals surface area (Å²) in [5.41, 5.74) is 2.58. The zero-order valence-electron chi connectivity index (χ0n) is 10.5. The molecule has 1 atom stereocenters. The molecule has 17 heavy (non-hydrogen) atoms.